The highest BCUT2D eigenvalue weighted by Gasteiger charge is 2.33. The van der Waals surface area contributed by atoms with Gasteiger partial charge in [-0.05, 0) is 49.7 Å². The highest BCUT2D eigenvalue weighted by Crippen LogP contribution is 2.33. The monoisotopic (exact) mass is 372 g/mol. The van der Waals surface area contributed by atoms with Crippen LogP contribution in [0.2, 0.25) is 0 Å². The number of aryl methyl sites for hydroxylation is 1. The molecule has 0 radical (unpaired) electrons. The second-order valence-corrected chi connectivity index (χ2v) is 8.17. The van der Waals surface area contributed by atoms with Gasteiger partial charge in [0.15, 0.2) is 0 Å². The van der Waals surface area contributed by atoms with Gasteiger partial charge in [0.05, 0.1) is 13.2 Å². The van der Waals surface area contributed by atoms with Gasteiger partial charge in [-0.3, -0.25) is 9.59 Å². The fourth-order valence-corrected chi connectivity index (χ4v) is 4.21. The van der Waals surface area contributed by atoms with Crippen LogP contribution in [0.1, 0.15) is 56.6 Å². The van der Waals surface area contributed by atoms with Crippen molar-refractivity contribution in [2.24, 2.45) is 11.8 Å². The Bertz CT molecular complexity index is 672. The Morgan fingerprint density at radius 1 is 1.07 bits per heavy atom. The average molecular weight is 373 g/mol. The minimum atomic E-state index is -0.00152. The molecule has 1 heterocycles. The number of para-hydroxylation sites is 1. The maximum Gasteiger partial charge on any atom is 0.227 e. The van der Waals surface area contributed by atoms with Crippen LogP contribution in [-0.4, -0.2) is 43.0 Å². The fraction of sp³-hybridized carbons (Fsp3) is 0.636. The van der Waals surface area contributed by atoms with Gasteiger partial charge in [-0.1, -0.05) is 32.0 Å². The molecule has 1 aromatic carbocycles. The number of rotatable bonds is 4. The molecular weight excluding hydrogens is 340 g/mol. The molecule has 1 aliphatic heterocycles. The van der Waals surface area contributed by atoms with E-state index in [-0.39, 0.29) is 23.7 Å². The maximum absolute atomic E-state index is 12.8. The van der Waals surface area contributed by atoms with Crippen LogP contribution < -0.4 is 5.32 Å². The number of benzene rings is 1. The SMILES string of the molecule is Cc1cccc(C(C)C)c1NC(=O)C1CCC(C(=O)N2CCOCC2)CC1. The first kappa shape index (κ1) is 19.9. The summed E-state index contributed by atoms with van der Waals surface area (Å²) in [5, 5.41) is 3.19. The number of anilines is 1. The summed E-state index contributed by atoms with van der Waals surface area (Å²) in [5.74, 6) is 0.777. The molecular formula is C22H32N2O3. The number of hydrogen-bond donors (Lipinski definition) is 1. The Kier molecular flexibility index (Phi) is 6.53. The van der Waals surface area contributed by atoms with E-state index in [1.165, 1.54) is 5.56 Å². The summed E-state index contributed by atoms with van der Waals surface area (Å²) in [5.41, 5.74) is 3.24. The summed E-state index contributed by atoms with van der Waals surface area (Å²) in [6.07, 6.45) is 3.18. The van der Waals surface area contributed by atoms with Gasteiger partial charge < -0.3 is 15.0 Å². The highest BCUT2D eigenvalue weighted by atomic mass is 16.5. The normalized spacial score (nSPS) is 23.3. The lowest BCUT2D eigenvalue weighted by Gasteiger charge is -2.33. The van der Waals surface area contributed by atoms with Crippen molar-refractivity contribution < 1.29 is 14.3 Å². The third kappa shape index (κ3) is 4.70. The molecule has 0 spiro atoms. The summed E-state index contributed by atoms with van der Waals surface area (Å²) in [6.45, 7) is 9.00. The molecule has 0 aromatic heterocycles. The van der Waals surface area contributed by atoms with E-state index in [1.807, 2.05) is 24.0 Å². The number of morpholine rings is 1. The number of hydrogen-bond acceptors (Lipinski definition) is 3. The van der Waals surface area contributed by atoms with Crippen molar-refractivity contribution in [3.05, 3.63) is 29.3 Å². The zero-order valence-electron chi connectivity index (χ0n) is 16.8. The molecule has 1 saturated carbocycles. The fourth-order valence-electron chi connectivity index (χ4n) is 4.21. The van der Waals surface area contributed by atoms with Gasteiger partial charge in [0.2, 0.25) is 11.8 Å². The van der Waals surface area contributed by atoms with Gasteiger partial charge in [0.1, 0.15) is 0 Å². The van der Waals surface area contributed by atoms with Gasteiger partial charge in [-0.15, -0.1) is 0 Å². The number of carbonyl (C=O) groups is 2. The first-order valence-corrected chi connectivity index (χ1v) is 10.2. The van der Waals surface area contributed by atoms with Crippen LogP contribution in [0.25, 0.3) is 0 Å². The first-order chi connectivity index (χ1) is 13.0. The van der Waals surface area contributed by atoms with E-state index in [4.69, 9.17) is 4.74 Å². The number of nitrogens with one attached hydrogen (secondary N) is 1. The molecule has 1 aliphatic carbocycles. The van der Waals surface area contributed by atoms with E-state index in [1.54, 1.807) is 0 Å². The lowest BCUT2D eigenvalue weighted by atomic mass is 9.80. The zero-order valence-corrected chi connectivity index (χ0v) is 16.8. The minimum Gasteiger partial charge on any atom is -0.378 e. The topological polar surface area (TPSA) is 58.6 Å². The average Bonchev–Trinajstić information content (AvgIpc) is 2.69. The third-order valence-corrected chi connectivity index (χ3v) is 5.95. The quantitative estimate of drug-likeness (QED) is 0.876. The van der Waals surface area contributed by atoms with Crippen LogP contribution in [0, 0.1) is 18.8 Å². The standard InChI is InChI=1S/C22H32N2O3/c1-15(2)19-6-4-5-16(3)20(19)23-21(25)17-7-9-18(10-8-17)22(26)24-11-13-27-14-12-24/h4-6,15,17-18H,7-14H2,1-3H3,(H,23,25). The molecule has 1 N–H and O–H groups in total. The van der Waals surface area contributed by atoms with Crippen LogP contribution in [0.5, 0.6) is 0 Å². The smallest absolute Gasteiger partial charge is 0.227 e. The Morgan fingerprint density at radius 2 is 1.70 bits per heavy atom. The Hall–Kier alpha value is -1.88. The molecule has 2 fully saturated rings. The summed E-state index contributed by atoms with van der Waals surface area (Å²) < 4.78 is 5.33. The predicted molar refractivity (Wildman–Crippen MR) is 107 cm³/mol. The van der Waals surface area contributed by atoms with Crippen molar-refractivity contribution >= 4 is 17.5 Å². The van der Waals surface area contributed by atoms with E-state index in [2.05, 4.69) is 25.2 Å². The van der Waals surface area contributed by atoms with E-state index >= 15 is 0 Å². The van der Waals surface area contributed by atoms with E-state index < -0.39 is 0 Å². The molecule has 1 aromatic rings. The van der Waals surface area contributed by atoms with Gasteiger partial charge in [-0.25, -0.2) is 0 Å². The molecule has 5 nitrogen and oxygen atoms in total. The summed E-state index contributed by atoms with van der Waals surface area (Å²) >= 11 is 0. The van der Waals surface area contributed by atoms with Gasteiger partial charge in [-0.2, -0.15) is 0 Å². The van der Waals surface area contributed by atoms with Gasteiger partial charge >= 0.3 is 0 Å². The van der Waals surface area contributed by atoms with E-state index in [0.29, 0.717) is 32.2 Å². The van der Waals surface area contributed by atoms with Crippen molar-refractivity contribution in [1.29, 1.82) is 0 Å². The van der Waals surface area contributed by atoms with E-state index in [9.17, 15) is 9.59 Å². The van der Waals surface area contributed by atoms with Crippen LogP contribution in [-0.2, 0) is 14.3 Å². The predicted octanol–water partition coefficient (Wildman–Crippen LogP) is 3.72. The summed E-state index contributed by atoms with van der Waals surface area (Å²) in [6, 6.07) is 6.17. The molecule has 2 amide bonds. The molecule has 0 bridgehead atoms. The zero-order chi connectivity index (χ0) is 19.4. The molecule has 27 heavy (non-hydrogen) atoms. The third-order valence-electron chi connectivity index (χ3n) is 5.95. The second kappa shape index (κ2) is 8.87. The van der Waals surface area contributed by atoms with Crippen molar-refractivity contribution in [3.63, 3.8) is 0 Å². The Balaban J connectivity index is 1.57. The van der Waals surface area contributed by atoms with E-state index in [0.717, 1.165) is 36.9 Å². The molecule has 5 heteroatoms. The maximum atomic E-state index is 12.8. The van der Waals surface area contributed by atoms with Crippen molar-refractivity contribution in [2.75, 3.05) is 31.6 Å². The lowest BCUT2D eigenvalue weighted by Crippen LogP contribution is -2.44. The lowest BCUT2D eigenvalue weighted by molar-refractivity contribution is -0.141. The van der Waals surface area contributed by atoms with Crippen molar-refractivity contribution in [2.45, 2.75) is 52.4 Å². The van der Waals surface area contributed by atoms with Crippen LogP contribution in [0.4, 0.5) is 5.69 Å². The number of amides is 2. The Morgan fingerprint density at radius 3 is 2.33 bits per heavy atom. The highest BCUT2D eigenvalue weighted by molar-refractivity contribution is 5.94. The van der Waals surface area contributed by atoms with Crippen molar-refractivity contribution in [3.8, 4) is 0 Å². The molecule has 0 unspecified atom stereocenters. The number of nitrogens with zero attached hydrogens (tertiary/aromatic N) is 1. The molecule has 0 atom stereocenters. The number of ether oxygens (including phenoxy) is 1. The van der Waals surface area contributed by atoms with Crippen LogP contribution in [0.15, 0.2) is 18.2 Å². The summed E-state index contributed by atoms with van der Waals surface area (Å²) in [4.78, 5) is 27.4. The van der Waals surface area contributed by atoms with Crippen molar-refractivity contribution in [1.82, 2.24) is 4.90 Å². The number of carbonyl (C=O) groups excluding carboxylic acids is 2. The first-order valence-electron chi connectivity index (χ1n) is 10.2. The van der Waals surface area contributed by atoms with Crippen LogP contribution in [0.3, 0.4) is 0 Å². The minimum absolute atomic E-state index is 0.00152. The molecule has 148 valence electrons. The molecule has 2 aliphatic rings. The molecule has 1 saturated heterocycles. The van der Waals surface area contributed by atoms with Gasteiger partial charge in [0, 0.05) is 30.6 Å². The van der Waals surface area contributed by atoms with Gasteiger partial charge in [0.25, 0.3) is 0 Å². The summed E-state index contributed by atoms with van der Waals surface area (Å²) in [7, 11) is 0. The molecule has 3 rings (SSSR count). The van der Waals surface area contributed by atoms with Crippen LogP contribution >= 0.6 is 0 Å². The Labute approximate surface area is 162 Å². The second-order valence-electron chi connectivity index (χ2n) is 8.17. The largest absolute Gasteiger partial charge is 0.378 e.